The van der Waals surface area contributed by atoms with Crippen LogP contribution in [0.1, 0.15) is 65.5 Å². The Morgan fingerprint density at radius 1 is 1.38 bits per heavy atom. The zero-order valence-electron chi connectivity index (χ0n) is 15.7. The van der Waals surface area contributed by atoms with E-state index in [0.29, 0.717) is 18.4 Å². The smallest absolute Gasteiger partial charge is 0.416 e. The largest absolute Gasteiger partial charge is 0.443 e. The summed E-state index contributed by atoms with van der Waals surface area (Å²) in [6, 6.07) is 4.51. The van der Waals surface area contributed by atoms with Gasteiger partial charge in [-0.25, -0.2) is 9.78 Å². The van der Waals surface area contributed by atoms with Gasteiger partial charge in [0, 0.05) is 18.8 Å². The summed E-state index contributed by atoms with van der Waals surface area (Å²) in [5, 5.41) is 0. The fraction of sp³-hybridized carbons (Fsp3) is 0.684. The molecule has 0 saturated carbocycles. The van der Waals surface area contributed by atoms with E-state index in [1.54, 1.807) is 4.90 Å². The molecule has 1 aliphatic rings. The van der Waals surface area contributed by atoms with Crippen molar-refractivity contribution in [3.63, 3.8) is 0 Å². The summed E-state index contributed by atoms with van der Waals surface area (Å²) in [4.78, 5) is 21.1. The minimum Gasteiger partial charge on any atom is -0.443 e. The van der Waals surface area contributed by atoms with Gasteiger partial charge in [0.25, 0.3) is 0 Å². The first-order valence-corrected chi connectivity index (χ1v) is 9.06. The van der Waals surface area contributed by atoms with Crippen molar-refractivity contribution in [2.75, 3.05) is 24.5 Å². The number of carbonyl (C=O) groups excluding carboxylic acids is 1. The molecule has 0 bridgehead atoms. The summed E-state index contributed by atoms with van der Waals surface area (Å²) in [5.41, 5.74) is 0.729. The van der Waals surface area contributed by atoms with Crippen molar-refractivity contribution in [2.24, 2.45) is 0 Å². The van der Waals surface area contributed by atoms with Crippen molar-refractivity contribution in [3.05, 3.63) is 23.9 Å². The van der Waals surface area contributed by atoms with Gasteiger partial charge in [-0.3, -0.25) is 9.80 Å². The Morgan fingerprint density at radius 3 is 2.67 bits per heavy atom. The van der Waals surface area contributed by atoms with E-state index in [2.05, 4.69) is 22.9 Å². The molecule has 1 aromatic heterocycles. The van der Waals surface area contributed by atoms with Crippen LogP contribution in [0, 0.1) is 0 Å². The van der Waals surface area contributed by atoms with E-state index in [-0.39, 0.29) is 6.09 Å². The van der Waals surface area contributed by atoms with Crippen LogP contribution in [0.2, 0.25) is 0 Å². The van der Waals surface area contributed by atoms with Gasteiger partial charge in [-0.2, -0.15) is 0 Å². The highest BCUT2D eigenvalue weighted by atomic mass is 16.6. The summed E-state index contributed by atoms with van der Waals surface area (Å²) in [5.74, 6) is 0.663. The van der Waals surface area contributed by atoms with Crippen LogP contribution in [0.15, 0.2) is 18.3 Å². The van der Waals surface area contributed by atoms with Gasteiger partial charge in [-0.1, -0.05) is 19.9 Å². The molecule has 1 fully saturated rings. The molecule has 5 heteroatoms. The number of hydrogen-bond acceptors (Lipinski definition) is 4. The van der Waals surface area contributed by atoms with Gasteiger partial charge in [0.15, 0.2) is 0 Å². The monoisotopic (exact) mass is 333 g/mol. The number of rotatable bonds is 5. The number of anilines is 1. The van der Waals surface area contributed by atoms with E-state index in [0.717, 1.165) is 19.5 Å². The first-order chi connectivity index (χ1) is 11.4. The van der Waals surface area contributed by atoms with Crippen LogP contribution in [0.25, 0.3) is 0 Å². The number of nitrogens with zero attached hydrogens (tertiary/aromatic N) is 3. The minimum absolute atomic E-state index is 0.333. The summed E-state index contributed by atoms with van der Waals surface area (Å²) < 4.78 is 5.51. The van der Waals surface area contributed by atoms with Crippen molar-refractivity contribution in [1.29, 1.82) is 0 Å². The Hall–Kier alpha value is -1.62. The third-order valence-electron chi connectivity index (χ3n) is 4.26. The van der Waals surface area contributed by atoms with E-state index in [1.807, 2.05) is 40.0 Å². The molecule has 0 unspecified atom stereocenters. The van der Waals surface area contributed by atoms with Crippen LogP contribution in [0.4, 0.5) is 10.6 Å². The Kier molecular flexibility index (Phi) is 6.21. The number of likely N-dealkylation sites (tertiary alicyclic amines) is 1. The highest BCUT2D eigenvalue weighted by Gasteiger charge is 2.26. The number of ether oxygens (including phenoxy) is 1. The molecule has 0 spiro atoms. The number of pyridine rings is 1. The summed E-state index contributed by atoms with van der Waals surface area (Å²) in [6.07, 6.45) is 4.86. The van der Waals surface area contributed by atoms with Crippen LogP contribution in [-0.2, 0) is 4.74 Å². The number of carbonyl (C=O) groups is 1. The van der Waals surface area contributed by atoms with Crippen LogP contribution in [0.3, 0.4) is 0 Å². The van der Waals surface area contributed by atoms with Crippen molar-refractivity contribution in [1.82, 2.24) is 9.88 Å². The number of amides is 1. The molecule has 1 saturated heterocycles. The second-order valence-electron chi connectivity index (χ2n) is 7.37. The van der Waals surface area contributed by atoms with E-state index in [4.69, 9.17) is 4.74 Å². The first kappa shape index (κ1) is 18.7. The van der Waals surface area contributed by atoms with E-state index in [9.17, 15) is 4.79 Å². The van der Waals surface area contributed by atoms with Crippen molar-refractivity contribution in [3.8, 4) is 0 Å². The molecule has 1 amide bonds. The molecule has 24 heavy (non-hydrogen) atoms. The predicted molar refractivity (Wildman–Crippen MR) is 97.3 cm³/mol. The lowest BCUT2D eigenvalue weighted by Gasteiger charge is -2.27. The van der Waals surface area contributed by atoms with Crippen LogP contribution in [0.5, 0.6) is 0 Å². The average Bonchev–Trinajstić information content (AvgIpc) is 2.99. The molecule has 5 nitrogen and oxygen atoms in total. The Labute approximate surface area is 146 Å². The molecule has 1 aromatic rings. The fourth-order valence-corrected chi connectivity index (χ4v) is 3.18. The van der Waals surface area contributed by atoms with Crippen LogP contribution < -0.4 is 4.90 Å². The van der Waals surface area contributed by atoms with E-state index in [1.165, 1.54) is 18.4 Å². The molecule has 0 N–H and O–H groups in total. The standard InChI is InChI=1S/C19H31N3O2/c1-6-12-22(18(23)24-19(3,4)5)17-11-10-15(14-20-17)16-9-8-13-21(16)7-2/h10-11,14,16H,6-9,12-13H2,1-5H3/t16-/m0/s1. The minimum atomic E-state index is -0.505. The van der Waals surface area contributed by atoms with Gasteiger partial charge in [0.05, 0.1) is 0 Å². The molecule has 134 valence electrons. The lowest BCUT2D eigenvalue weighted by Crippen LogP contribution is -2.37. The van der Waals surface area contributed by atoms with Crippen molar-refractivity contribution >= 4 is 11.9 Å². The van der Waals surface area contributed by atoms with Gasteiger partial charge >= 0.3 is 6.09 Å². The lowest BCUT2D eigenvalue weighted by atomic mass is 10.1. The second kappa shape index (κ2) is 7.97. The third kappa shape index (κ3) is 4.69. The summed E-state index contributed by atoms with van der Waals surface area (Å²) >= 11 is 0. The Bertz CT molecular complexity index is 537. The quantitative estimate of drug-likeness (QED) is 0.801. The van der Waals surface area contributed by atoms with Gasteiger partial charge in [0.2, 0.25) is 0 Å². The normalized spacial score (nSPS) is 18.6. The zero-order valence-corrected chi connectivity index (χ0v) is 15.7. The molecular formula is C19H31N3O2. The molecule has 0 aliphatic carbocycles. The summed E-state index contributed by atoms with van der Waals surface area (Å²) in [7, 11) is 0. The zero-order chi connectivity index (χ0) is 17.7. The number of aromatic nitrogens is 1. The highest BCUT2D eigenvalue weighted by Crippen LogP contribution is 2.31. The highest BCUT2D eigenvalue weighted by molar-refractivity contribution is 5.86. The van der Waals surface area contributed by atoms with Gasteiger partial charge < -0.3 is 4.74 Å². The van der Waals surface area contributed by atoms with Gasteiger partial charge in [0.1, 0.15) is 11.4 Å². The molecule has 1 atom stereocenters. The topological polar surface area (TPSA) is 45.7 Å². The predicted octanol–water partition coefficient (Wildman–Crippen LogP) is 4.39. The first-order valence-electron chi connectivity index (χ1n) is 9.06. The van der Waals surface area contributed by atoms with Gasteiger partial charge in [-0.15, -0.1) is 0 Å². The summed E-state index contributed by atoms with van der Waals surface area (Å²) in [6.45, 7) is 12.7. The maximum absolute atomic E-state index is 12.4. The molecule has 2 rings (SSSR count). The molecule has 0 aromatic carbocycles. The van der Waals surface area contributed by atoms with E-state index >= 15 is 0 Å². The second-order valence-corrected chi connectivity index (χ2v) is 7.37. The van der Waals surface area contributed by atoms with Crippen LogP contribution in [-0.4, -0.2) is 41.2 Å². The SMILES string of the molecule is CCCN(C(=O)OC(C)(C)C)c1ccc([C@@H]2CCCN2CC)cn1. The maximum atomic E-state index is 12.4. The molecule has 2 heterocycles. The van der Waals surface area contributed by atoms with Crippen molar-refractivity contribution in [2.45, 2.75) is 65.5 Å². The van der Waals surface area contributed by atoms with Crippen LogP contribution >= 0.6 is 0 Å². The average molecular weight is 333 g/mol. The Balaban J connectivity index is 2.15. The Morgan fingerprint density at radius 2 is 2.12 bits per heavy atom. The number of hydrogen-bond donors (Lipinski definition) is 0. The molecule has 0 radical (unpaired) electrons. The molecule has 1 aliphatic heterocycles. The maximum Gasteiger partial charge on any atom is 0.416 e. The lowest BCUT2D eigenvalue weighted by molar-refractivity contribution is 0.0579. The van der Waals surface area contributed by atoms with Gasteiger partial charge in [-0.05, 0) is 64.8 Å². The fourth-order valence-electron chi connectivity index (χ4n) is 3.18. The molecular weight excluding hydrogens is 302 g/mol. The van der Waals surface area contributed by atoms with E-state index < -0.39 is 5.60 Å². The third-order valence-corrected chi connectivity index (χ3v) is 4.26. The van der Waals surface area contributed by atoms with Crippen molar-refractivity contribution < 1.29 is 9.53 Å².